The fourth-order valence-electron chi connectivity index (χ4n) is 1.58. The lowest BCUT2D eigenvalue weighted by Crippen LogP contribution is -2.14. The van der Waals surface area contributed by atoms with E-state index in [1.807, 2.05) is 6.07 Å². The van der Waals surface area contributed by atoms with E-state index in [1.165, 1.54) is 12.3 Å². The summed E-state index contributed by atoms with van der Waals surface area (Å²) in [4.78, 5) is 3.68. The number of nitrogens with one attached hydrogen (secondary N) is 1. The highest BCUT2D eigenvalue weighted by molar-refractivity contribution is 9.10. The summed E-state index contributed by atoms with van der Waals surface area (Å²) in [6.07, 6.45) is 1.69. The van der Waals surface area contributed by atoms with E-state index in [2.05, 4.69) is 25.6 Å². The summed E-state index contributed by atoms with van der Waals surface area (Å²) in [5.41, 5.74) is 1.19. The minimum Gasteiger partial charge on any atom is -0.280 e. The van der Waals surface area contributed by atoms with Gasteiger partial charge in [0.25, 0.3) is 10.0 Å². The van der Waals surface area contributed by atoms with Gasteiger partial charge in [-0.3, -0.25) is 4.72 Å². The number of hydrogen-bond donors (Lipinski definition) is 1. The first kappa shape index (κ1) is 15.8. The summed E-state index contributed by atoms with van der Waals surface area (Å²) in [5, 5.41) is 8.49. The number of benzene rings is 1. The van der Waals surface area contributed by atoms with Crippen LogP contribution in [0.25, 0.3) is 0 Å². The standard InChI is InChI=1S/C13H9BrClN3O2S/c14-10-7-12(13(15)17-8-10)21(19,20)18-11-3-1-9(2-4-11)5-6-16/h1-4,7-8,18H,5H2. The molecular weight excluding hydrogens is 378 g/mol. The Balaban J connectivity index is 2.29. The normalized spacial score (nSPS) is 10.9. The first-order valence-corrected chi connectivity index (χ1v) is 8.37. The molecule has 5 nitrogen and oxygen atoms in total. The number of anilines is 1. The van der Waals surface area contributed by atoms with E-state index in [9.17, 15) is 8.42 Å². The van der Waals surface area contributed by atoms with Crippen molar-refractivity contribution in [3.63, 3.8) is 0 Å². The molecule has 0 aliphatic rings. The highest BCUT2D eigenvalue weighted by Crippen LogP contribution is 2.25. The zero-order valence-electron chi connectivity index (χ0n) is 10.5. The van der Waals surface area contributed by atoms with Gasteiger partial charge in [-0.05, 0) is 39.7 Å². The van der Waals surface area contributed by atoms with Crippen LogP contribution in [0.2, 0.25) is 5.15 Å². The lowest BCUT2D eigenvalue weighted by molar-refractivity contribution is 0.601. The van der Waals surface area contributed by atoms with E-state index in [1.54, 1.807) is 24.3 Å². The summed E-state index contributed by atoms with van der Waals surface area (Å²) in [6, 6.07) is 9.94. The van der Waals surface area contributed by atoms with Crippen molar-refractivity contribution >= 4 is 43.2 Å². The van der Waals surface area contributed by atoms with Gasteiger partial charge in [-0.25, -0.2) is 13.4 Å². The Hall–Kier alpha value is -1.62. The van der Waals surface area contributed by atoms with Crippen LogP contribution in [0.3, 0.4) is 0 Å². The molecule has 21 heavy (non-hydrogen) atoms. The highest BCUT2D eigenvalue weighted by atomic mass is 79.9. The van der Waals surface area contributed by atoms with Gasteiger partial charge in [0, 0.05) is 16.4 Å². The first-order chi connectivity index (χ1) is 9.92. The monoisotopic (exact) mass is 385 g/mol. The summed E-state index contributed by atoms with van der Waals surface area (Å²) in [5.74, 6) is 0. The van der Waals surface area contributed by atoms with Gasteiger partial charge in [-0.1, -0.05) is 23.7 Å². The fourth-order valence-corrected chi connectivity index (χ4v) is 3.59. The van der Waals surface area contributed by atoms with Crippen molar-refractivity contribution < 1.29 is 8.42 Å². The van der Waals surface area contributed by atoms with Crippen molar-refractivity contribution in [3.8, 4) is 6.07 Å². The van der Waals surface area contributed by atoms with E-state index in [0.717, 1.165) is 5.56 Å². The van der Waals surface area contributed by atoms with E-state index in [4.69, 9.17) is 16.9 Å². The minimum atomic E-state index is -3.83. The molecule has 0 fully saturated rings. The summed E-state index contributed by atoms with van der Waals surface area (Å²) in [6.45, 7) is 0. The Morgan fingerprint density at radius 2 is 2.00 bits per heavy atom. The Morgan fingerprint density at radius 1 is 1.33 bits per heavy atom. The van der Waals surface area contributed by atoms with Crippen molar-refractivity contribution in [1.29, 1.82) is 5.26 Å². The lowest BCUT2D eigenvalue weighted by Gasteiger charge is -2.09. The maximum absolute atomic E-state index is 12.3. The fraction of sp³-hybridized carbons (Fsp3) is 0.0769. The van der Waals surface area contributed by atoms with Crippen LogP contribution in [0.4, 0.5) is 5.69 Å². The second kappa shape index (κ2) is 6.43. The van der Waals surface area contributed by atoms with Crippen LogP contribution >= 0.6 is 27.5 Å². The van der Waals surface area contributed by atoms with Crippen LogP contribution in [0, 0.1) is 11.3 Å². The largest absolute Gasteiger partial charge is 0.280 e. The molecule has 8 heteroatoms. The Kier molecular flexibility index (Phi) is 4.83. The number of nitriles is 1. The van der Waals surface area contributed by atoms with E-state index in [-0.39, 0.29) is 16.5 Å². The number of hydrogen-bond acceptors (Lipinski definition) is 4. The highest BCUT2D eigenvalue weighted by Gasteiger charge is 2.19. The SMILES string of the molecule is N#CCc1ccc(NS(=O)(=O)c2cc(Br)cnc2Cl)cc1. The summed E-state index contributed by atoms with van der Waals surface area (Å²) >= 11 is 8.98. The molecule has 0 spiro atoms. The zero-order valence-corrected chi connectivity index (χ0v) is 13.7. The van der Waals surface area contributed by atoms with Gasteiger partial charge in [-0.2, -0.15) is 5.26 Å². The van der Waals surface area contributed by atoms with Crippen LogP contribution in [-0.4, -0.2) is 13.4 Å². The number of nitrogens with zero attached hydrogens (tertiary/aromatic N) is 2. The maximum atomic E-state index is 12.3. The van der Waals surface area contributed by atoms with Crippen molar-refractivity contribution in [1.82, 2.24) is 4.98 Å². The molecule has 1 aromatic carbocycles. The molecule has 0 aliphatic heterocycles. The Bertz CT molecular complexity index is 801. The van der Waals surface area contributed by atoms with E-state index < -0.39 is 10.0 Å². The summed E-state index contributed by atoms with van der Waals surface area (Å²) < 4.78 is 27.5. The van der Waals surface area contributed by atoms with Gasteiger partial charge in [0.1, 0.15) is 10.0 Å². The molecule has 0 saturated carbocycles. The third kappa shape index (κ3) is 3.94. The molecule has 0 amide bonds. The van der Waals surface area contributed by atoms with Gasteiger partial charge in [0.2, 0.25) is 0 Å². The van der Waals surface area contributed by atoms with Crippen molar-refractivity contribution in [2.24, 2.45) is 0 Å². The molecule has 0 saturated heterocycles. The quantitative estimate of drug-likeness (QED) is 0.817. The van der Waals surface area contributed by atoms with Crippen LogP contribution in [0.1, 0.15) is 5.56 Å². The van der Waals surface area contributed by atoms with Crippen LogP contribution in [0.5, 0.6) is 0 Å². The number of pyridine rings is 1. The van der Waals surface area contributed by atoms with Crippen LogP contribution in [-0.2, 0) is 16.4 Å². The molecular formula is C13H9BrClN3O2S. The van der Waals surface area contributed by atoms with Crippen molar-refractivity contribution in [2.45, 2.75) is 11.3 Å². The second-order valence-corrected chi connectivity index (χ2v) is 7.00. The predicted molar refractivity (Wildman–Crippen MR) is 83.5 cm³/mol. The molecule has 2 aromatic rings. The van der Waals surface area contributed by atoms with E-state index >= 15 is 0 Å². The molecule has 0 radical (unpaired) electrons. The number of sulfonamides is 1. The number of halogens is 2. The molecule has 1 N–H and O–H groups in total. The van der Waals surface area contributed by atoms with Gasteiger partial charge >= 0.3 is 0 Å². The molecule has 2 rings (SSSR count). The molecule has 0 atom stereocenters. The first-order valence-electron chi connectivity index (χ1n) is 5.72. The molecule has 0 aliphatic carbocycles. The minimum absolute atomic E-state index is 0.105. The summed E-state index contributed by atoms with van der Waals surface area (Å²) in [7, 11) is -3.83. The predicted octanol–water partition coefficient (Wildman–Crippen LogP) is 3.36. The lowest BCUT2D eigenvalue weighted by atomic mass is 10.1. The second-order valence-electron chi connectivity index (χ2n) is 4.08. The topological polar surface area (TPSA) is 82.9 Å². The average Bonchev–Trinajstić information content (AvgIpc) is 2.43. The molecule has 0 bridgehead atoms. The van der Waals surface area contributed by atoms with Crippen LogP contribution in [0.15, 0.2) is 45.9 Å². The zero-order chi connectivity index (χ0) is 15.5. The smallest absolute Gasteiger partial charge is 0.265 e. The van der Waals surface area contributed by atoms with Gasteiger partial charge in [0.15, 0.2) is 0 Å². The third-order valence-electron chi connectivity index (χ3n) is 2.55. The average molecular weight is 387 g/mol. The Morgan fingerprint density at radius 3 is 2.62 bits per heavy atom. The van der Waals surface area contributed by atoms with E-state index in [0.29, 0.717) is 10.2 Å². The van der Waals surface area contributed by atoms with Gasteiger partial charge in [0.05, 0.1) is 12.5 Å². The van der Waals surface area contributed by atoms with Crippen molar-refractivity contribution in [2.75, 3.05) is 4.72 Å². The Labute approximate surface area is 135 Å². The maximum Gasteiger partial charge on any atom is 0.265 e. The third-order valence-corrected chi connectivity index (χ3v) is 4.79. The molecule has 0 unspecified atom stereocenters. The molecule has 1 aromatic heterocycles. The number of rotatable bonds is 4. The number of aromatic nitrogens is 1. The van der Waals surface area contributed by atoms with Crippen molar-refractivity contribution in [3.05, 3.63) is 51.7 Å². The molecule has 108 valence electrons. The van der Waals surface area contributed by atoms with Gasteiger partial charge in [-0.15, -0.1) is 0 Å². The molecule has 1 heterocycles. The van der Waals surface area contributed by atoms with Crippen LogP contribution < -0.4 is 4.72 Å². The van der Waals surface area contributed by atoms with Gasteiger partial charge < -0.3 is 0 Å².